The maximum Gasteiger partial charge on any atom is 0.231 e. The molecule has 96 valence electrons. The van der Waals surface area contributed by atoms with Crippen LogP contribution in [0.4, 0.5) is 0 Å². The molecule has 6 nitrogen and oxygen atoms in total. The van der Waals surface area contributed by atoms with E-state index in [4.69, 9.17) is 14.7 Å². The van der Waals surface area contributed by atoms with Crippen molar-refractivity contribution in [2.24, 2.45) is 0 Å². The molecule has 0 bridgehead atoms. The van der Waals surface area contributed by atoms with Crippen LogP contribution in [-0.2, 0) is 6.42 Å². The highest BCUT2D eigenvalue weighted by Gasteiger charge is 2.17. The quantitative estimate of drug-likeness (QED) is 0.837. The molecule has 2 aromatic rings. The summed E-state index contributed by atoms with van der Waals surface area (Å²) in [6.45, 7) is 2.29. The SMILES string of the molecule is CCCc1c(C#N)nnn1-c1ccc2c(c1)OCO2. The molecular formula is C13H12N4O2. The summed E-state index contributed by atoms with van der Waals surface area (Å²) < 4.78 is 12.3. The van der Waals surface area contributed by atoms with Crippen molar-refractivity contribution in [2.45, 2.75) is 19.8 Å². The summed E-state index contributed by atoms with van der Waals surface area (Å²) in [5.74, 6) is 1.41. The predicted molar refractivity (Wildman–Crippen MR) is 66.2 cm³/mol. The molecule has 0 N–H and O–H groups in total. The third-order valence-corrected chi connectivity index (χ3v) is 2.96. The molecule has 1 aromatic heterocycles. The molecule has 1 aromatic carbocycles. The van der Waals surface area contributed by atoms with Crippen molar-refractivity contribution in [3.63, 3.8) is 0 Å². The van der Waals surface area contributed by atoms with Crippen LogP contribution in [0.15, 0.2) is 18.2 Å². The highest BCUT2D eigenvalue weighted by Crippen LogP contribution is 2.33. The van der Waals surface area contributed by atoms with E-state index in [-0.39, 0.29) is 6.79 Å². The van der Waals surface area contributed by atoms with Gasteiger partial charge in [-0.25, -0.2) is 4.68 Å². The maximum atomic E-state index is 9.05. The van der Waals surface area contributed by atoms with Crippen LogP contribution in [0.3, 0.4) is 0 Å². The van der Waals surface area contributed by atoms with Crippen LogP contribution in [0.5, 0.6) is 11.5 Å². The van der Waals surface area contributed by atoms with E-state index in [1.807, 2.05) is 18.2 Å². The Morgan fingerprint density at radius 2 is 2.21 bits per heavy atom. The van der Waals surface area contributed by atoms with Gasteiger partial charge < -0.3 is 9.47 Å². The van der Waals surface area contributed by atoms with Gasteiger partial charge in [-0.3, -0.25) is 0 Å². The number of aromatic nitrogens is 3. The highest BCUT2D eigenvalue weighted by atomic mass is 16.7. The molecule has 0 spiro atoms. The van der Waals surface area contributed by atoms with Crippen molar-refractivity contribution in [1.82, 2.24) is 15.0 Å². The molecule has 19 heavy (non-hydrogen) atoms. The van der Waals surface area contributed by atoms with Crippen molar-refractivity contribution >= 4 is 0 Å². The summed E-state index contributed by atoms with van der Waals surface area (Å²) in [6, 6.07) is 7.63. The Bertz CT molecular complexity index is 657. The van der Waals surface area contributed by atoms with Crippen molar-refractivity contribution in [1.29, 1.82) is 5.26 Å². The average Bonchev–Trinajstić information content (AvgIpc) is 3.04. The molecule has 0 atom stereocenters. The molecule has 1 aliphatic rings. The zero-order valence-corrected chi connectivity index (χ0v) is 10.5. The molecule has 0 saturated heterocycles. The number of fused-ring (bicyclic) bond motifs is 1. The van der Waals surface area contributed by atoms with Gasteiger partial charge >= 0.3 is 0 Å². The summed E-state index contributed by atoms with van der Waals surface area (Å²) in [5.41, 5.74) is 2.02. The molecule has 6 heteroatoms. The van der Waals surface area contributed by atoms with Crippen LogP contribution in [0.25, 0.3) is 5.69 Å². The number of ether oxygens (including phenoxy) is 2. The number of hydrogen-bond acceptors (Lipinski definition) is 5. The molecule has 0 saturated carbocycles. The lowest BCUT2D eigenvalue weighted by atomic mass is 10.2. The van der Waals surface area contributed by atoms with Gasteiger partial charge in [0.2, 0.25) is 6.79 Å². The lowest BCUT2D eigenvalue weighted by Gasteiger charge is -2.06. The summed E-state index contributed by atoms with van der Waals surface area (Å²) >= 11 is 0. The minimum Gasteiger partial charge on any atom is -0.454 e. The normalized spacial score (nSPS) is 12.4. The molecule has 0 radical (unpaired) electrons. The van der Waals surface area contributed by atoms with Crippen LogP contribution < -0.4 is 9.47 Å². The third kappa shape index (κ3) is 1.89. The van der Waals surface area contributed by atoms with Gasteiger partial charge in [0.05, 0.1) is 11.4 Å². The monoisotopic (exact) mass is 256 g/mol. The number of nitriles is 1. The zero-order chi connectivity index (χ0) is 13.2. The van der Waals surface area contributed by atoms with Gasteiger partial charge in [0.15, 0.2) is 17.2 Å². The molecule has 2 heterocycles. The van der Waals surface area contributed by atoms with Crippen molar-refractivity contribution in [3.8, 4) is 23.3 Å². The van der Waals surface area contributed by atoms with Gasteiger partial charge in [-0.2, -0.15) is 5.26 Å². The second-order valence-electron chi connectivity index (χ2n) is 4.20. The standard InChI is InChI=1S/C13H12N4O2/c1-2-3-11-10(7-14)15-16-17(11)9-4-5-12-13(6-9)19-8-18-12/h4-6H,2-3,8H2,1H3. The van der Waals surface area contributed by atoms with E-state index < -0.39 is 0 Å². The van der Waals surface area contributed by atoms with Gasteiger partial charge in [0.1, 0.15) is 6.07 Å². The van der Waals surface area contributed by atoms with E-state index in [2.05, 4.69) is 23.3 Å². The summed E-state index contributed by atoms with van der Waals surface area (Å²) in [4.78, 5) is 0. The van der Waals surface area contributed by atoms with Gasteiger partial charge in [0.25, 0.3) is 0 Å². The number of benzene rings is 1. The fourth-order valence-electron chi connectivity index (χ4n) is 2.07. The van der Waals surface area contributed by atoms with E-state index >= 15 is 0 Å². The maximum absolute atomic E-state index is 9.05. The third-order valence-electron chi connectivity index (χ3n) is 2.96. The lowest BCUT2D eigenvalue weighted by Crippen LogP contribution is -2.03. The summed E-state index contributed by atoms with van der Waals surface area (Å²) in [6.07, 6.45) is 1.68. The van der Waals surface area contributed by atoms with E-state index in [0.29, 0.717) is 11.4 Å². The first kappa shape index (κ1) is 11.5. The molecule has 0 amide bonds. The van der Waals surface area contributed by atoms with Crippen molar-refractivity contribution < 1.29 is 9.47 Å². The smallest absolute Gasteiger partial charge is 0.231 e. The summed E-state index contributed by atoms with van der Waals surface area (Å²) in [7, 11) is 0. The first-order valence-corrected chi connectivity index (χ1v) is 6.08. The molecular weight excluding hydrogens is 244 g/mol. The molecule has 1 aliphatic heterocycles. The summed E-state index contributed by atoms with van der Waals surface area (Å²) in [5, 5.41) is 17.0. The van der Waals surface area contributed by atoms with E-state index in [1.54, 1.807) is 4.68 Å². The topological polar surface area (TPSA) is 73.0 Å². The average molecular weight is 256 g/mol. The van der Waals surface area contributed by atoms with Gasteiger partial charge in [0, 0.05) is 6.07 Å². The second kappa shape index (κ2) is 4.61. The van der Waals surface area contributed by atoms with Crippen LogP contribution >= 0.6 is 0 Å². The van der Waals surface area contributed by atoms with E-state index in [9.17, 15) is 0 Å². The Labute approximate surface area is 110 Å². The van der Waals surface area contributed by atoms with E-state index in [1.165, 1.54) is 0 Å². The Morgan fingerprint density at radius 3 is 3.00 bits per heavy atom. The number of hydrogen-bond donors (Lipinski definition) is 0. The minimum atomic E-state index is 0.238. The van der Waals surface area contributed by atoms with Gasteiger partial charge in [-0.1, -0.05) is 18.6 Å². The molecule has 0 fully saturated rings. The van der Waals surface area contributed by atoms with Crippen LogP contribution in [-0.4, -0.2) is 21.8 Å². The Hall–Kier alpha value is -2.55. The van der Waals surface area contributed by atoms with Crippen LogP contribution in [0.2, 0.25) is 0 Å². The Kier molecular flexibility index (Phi) is 2.80. The fourth-order valence-corrected chi connectivity index (χ4v) is 2.07. The zero-order valence-electron chi connectivity index (χ0n) is 10.5. The van der Waals surface area contributed by atoms with E-state index in [0.717, 1.165) is 30.0 Å². The minimum absolute atomic E-state index is 0.238. The molecule has 0 aliphatic carbocycles. The first-order chi connectivity index (χ1) is 9.33. The first-order valence-electron chi connectivity index (χ1n) is 6.08. The molecule has 3 rings (SSSR count). The van der Waals surface area contributed by atoms with Crippen molar-refractivity contribution in [2.75, 3.05) is 6.79 Å². The number of nitrogens with zero attached hydrogens (tertiary/aromatic N) is 4. The van der Waals surface area contributed by atoms with Gasteiger partial charge in [-0.05, 0) is 18.6 Å². The second-order valence-corrected chi connectivity index (χ2v) is 4.20. The van der Waals surface area contributed by atoms with Crippen LogP contribution in [0.1, 0.15) is 24.7 Å². The highest BCUT2D eigenvalue weighted by molar-refractivity contribution is 5.50. The predicted octanol–water partition coefficient (Wildman–Crippen LogP) is 1.82. The van der Waals surface area contributed by atoms with Crippen LogP contribution in [0, 0.1) is 11.3 Å². The lowest BCUT2D eigenvalue weighted by molar-refractivity contribution is 0.174. The molecule has 0 unspecified atom stereocenters. The largest absolute Gasteiger partial charge is 0.454 e. The Morgan fingerprint density at radius 1 is 1.37 bits per heavy atom. The van der Waals surface area contributed by atoms with Gasteiger partial charge in [-0.15, -0.1) is 5.10 Å². The number of rotatable bonds is 3. The Balaban J connectivity index is 2.07. The van der Waals surface area contributed by atoms with Crippen molar-refractivity contribution in [3.05, 3.63) is 29.6 Å². The fraction of sp³-hybridized carbons (Fsp3) is 0.308.